The number of thiazole rings is 1. The van der Waals surface area contributed by atoms with Crippen molar-refractivity contribution in [2.45, 2.75) is 82.5 Å². The predicted molar refractivity (Wildman–Crippen MR) is 137 cm³/mol. The fourth-order valence-corrected chi connectivity index (χ4v) is 3.87. The van der Waals surface area contributed by atoms with E-state index < -0.39 is 11.4 Å². The van der Waals surface area contributed by atoms with E-state index in [9.17, 15) is 9.50 Å². The van der Waals surface area contributed by atoms with E-state index in [1.165, 1.54) is 30.6 Å². The molecule has 6 N–H and O–H groups in total. The van der Waals surface area contributed by atoms with Crippen molar-refractivity contribution in [2.24, 2.45) is 10.9 Å². The smallest absolute Gasteiger partial charge is 0.146 e. The molecule has 2 aromatic rings. The summed E-state index contributed by atoms with van der Waals surface area (Å²) in [6.45, 7) is 14.8. The quantitative estimate of drug-likeness (QED) is 0.349. The third-order valence-electron chi connectivity index (χ3n) is 4.41. The predicted octanol–water partition coefficient (Wildman–Crippen LogP) is 6.29. The number of nitrogens with one attached hydrogen (secondary N) is 1. The third-order valence-corrected chi connectivity index (χ3v) is 6.39. The lowest BCUT2D eigenvalue weighted by molar-refractivity contribution is 0.0783. The standard InChI is InChI=1S/C15H20FN3.C6H10N2OS2.C3H6/c1-8(2)12-6-11(7-17)14(16)13(9(3)4)15(12)19-10(5)18;1-6(2,9)5-8-3-4(10-5)11-7;1-2-3-1/h6,8-9,19H,5,18H2,1-4H3;3,9H,7H2,1-2H3;1-3H2. The van der Waals surface area contributed by atoms with Crippen molar-refractivity contribution in [3.05, 3.63) is 52.2 Å². The summed E-state index contributed by atoms with van der Waals surface area (Å²) in [5.41, 5.74) is 6.79. The molecule has 1 heterocycles. The lowest BCUT2D eigenvalue weighted by Gasteiger charge is -2.22. The molecule has 0 spiro atoms. The minimum atomic E-state index is -0.849. The molecule has 1 aromatic heterocycles. The van der Waals surface area contributed by atoms with Gasteiger partial charge in [0, 0.05) is 11.3 Å². The van der Waals surface area contributed by atoms with E-state index in [-0.39, 0.29) is 23.2 Å². The number of aliphatic hydroxyl groups is 1. The van der Waals surface area contributed by atoms with Crippen LogP contribution in [0.2, 0.25) is 0 Å². The molecule has 0 amide bonds. The van der Waals surface area contributed by atoms with E-state index in [4.69, 9.17) is 16.1 Å². The van der Waals surface area contributed by atoms with Crippen LogP contribution in [0.4, 0.5) is 10.1 Å². The van der Waals surface area contributed by atoms with Gasteiger partial charge in [0.25, 0.3) is 0 Å². The van der Waals surface area contributed by atoms with Crippen LogP contribution in [0.1, 0.15) is 94.3 Å². The van der Waals surface area contributed by atoms with Gasteiger partial charge in [-0.15, -0.1) is 11.3 Å². The second-order valence-electron chi connectivity index (χ2n) is 8.91. The van der Waals surface area contributed by atoms with Crippen molar-refractivity contribution in [1.29, 1.82) is 5.26 Å². The molecule has 1 aliphatic rings. The first-order valence-electron chi connectivity index (χ1n) is 10.9. The molecule has 1 fully saturated rings. The van der Waals surface area contributed by atoms with Gasteiger partial charge in [-0.3, -0.25) is 5.14 Å². The van der Waals surface area contributed by atoms with Crippen LogP contribution in [0.25, 0.3) is 0 Å². The lowest BCUT2D eigenvalue weighted by Crippen LogP contribution is -2.14. The number of halogens is 1. The Labute approximate surface area is 205 Å². The van der Waals surface area contributed by atoms with Crippen molar-refractivity contribution in [3.63, 3.8) is 0 Å². The van der Waals surface area contributed by atoms with Crippen molar-refractivity contribution >= 4 is 29.0 Å². The minimum Gasteiger partial charge on any atom is -0.386 e. The zero-order valence-corrected chi connectivity index (χ0v) is 22.0. The first-order valence-corrected chi connectivity index (χ1v) is 12.6. The van der Waals surface area contributed by atoms with Gasteiger partial charge in [0.1, 0.15) is 22.5 Å². The number of anilines is 1. The molecular weight excluding hydrogens is 457 g/mol. The maximum atomic E-state index is 14.3. The van der Waals surface area contributed by atoms with Gasteiger partial charge >= 0.3 is 0 Å². The number of rotatable bonds is 6. The van der Waals surface area contributed by atoms with Gasteiger partial charge in [-0.1, -0.05) is 53.5 Å². The molecule has 0 radical (unpaired) electrons. The van der Waals surface area contributed by atoms with Gasteiger partial charge in [0.2, 0.25) is 0 Å². The molecule has 6 nitrogen and oxygen atoms in total. The van der Waals surface area contributed by atoms with Crippen LogP contribution in [-0.4, -0.2) is 10.1 Å². The topological polar surface area (TPSA) is 121 Å². The highest BCUT2D eigenvalue weighted by atomic mass is 32.2. The van der Waals surface area contributed by atoms with Gasteiger partial charge in [-0.25, -0.2) is 9.37 Å². The fourth-order valence-electron chi connectivity index (χ4n) is 2.68. The number of aromatic nitrogens is 1. The third kappa shape index (κ3) is 9.33. The Bertz CT molecular complexity index is 970. The second kappa shape index (κ2) is 12.9. The van der Waals surface area contributed by atoms with Gasteiger partial charge in [0.05, 0.1) is 21.8 Å². The maximum absolute atomic E-state index is 14.3. The van der Waals surface area contributed by atoms with Gasteiger partial charge < -0.3 is 16.2 Å². The second-order valence-corrected chi connectivity index (χ2v) is 10.9. The van der Waals surface area contributed by atoms with Gasteiger partial charge in [0.15, 0.2) is 0 Å². The molecule has 3 rings (SSSR count). The molecule has 1 aromatic carbocycles. The number of hydrogen-bond acceptors (Lipinski definition) is 8. The molecule has 33 heavy (non-hydrogen) atoms. The summed E-state index contributed by atoms with van der Waals surface area (Å²) in [5, 5.41) is 27.5. The highest BCUT2D eigenvalue weighted by Crippen LogP contribution is 2.36. The average molecular weight is 494 g/mol. The summed E-state index contributed by atoms with van der Waals surface area (Å²) in [6.07, 6.45) is 6.17. The Morgan fingerprint density at radius 1 is 1.30 bits per heavy atom. The maximum Gasteiger partial charge on any atom is 0.146 e. The Morgan fingerprint density at radius 2 is 1.88 bits per heavy atom. The van der Waals surface area contributed by atoms with Crippen LogP contribution >= 0.6 is 23.3 Å². The van der Waals surface area contributed by atoms with E-state index >= 15 is 0 Å². The van der Waals surface area contributed by atoms with Crippen LogP contribution in [-0.2, 0) is 5.60 Å². The Balaban J connectivity index is 0.000000323. The fraction of sp³-hybridized carbons (Fsp3) is 0.500. The van der Waals surface area contributed by atoms with Crippen LogP contribution in [0.3, 0.4) is 0 Å². The number of nitrogens with zero attached hydrogens (tertiary/aromatic N) is 2. The van der Waals surface area contributed by atoms with Crippen molar-refractivity contribution < 1.29 is 9.50 Å². The largest absolute Gasteiger partial charge is 0.386 e. The lowest BCUT2D eigenvalue weighted by atomic mass is 9.89. The molecular formula is C24H36FN5OS2. The number of benzene rings is 1. The molecule has 0 bridgehead atoms. The highest BCUT2D eigenvalue weighted by molar-refractivity contribution is 7.99. The molecule has 182 valence electrons. The highest BCUT2D eigenvalue weighted by Gasteiger charge is 2.22. The molecule has 1 aliphatic carbocycles. The summed E-state index contributed by atoms with van der Waals surface area (Å²) in [4.78, 5) is 4.03. The van der Waals surface area contributed by atoms with E-state index in [0.29, 0.717) is 16.3 Å². The van der Waals surface area contributed by atoms with Crippen LogP contribution in [0, 0.1) is 17.1 Å². The van der Waals surface area contributed by atoms with Gasteiger partial charge in [-0.2, -0.15) is 5.26 Å². The monoisotopic (exact) mass is 493 g/mol. The van der Waals surface area contributed by atoms with E-state index in [2.05, 4.69) is 16.9 Å². The van der Waals surface area contributed by atoms with Crippen molar-refractivity contribution in [2.75, 3.05) is 5.32 Å². The van der Waals surface area contributed by atoms with Crippen molar-refractivity contribution in [1.82, 2.24) is 4.98 Å². The molecule has 1 saturated carbocycles. The first kappa shape index (κ1) is 28.9. The molecule has 0 saturated heterocycles. The summed E-state index contributed by atoms with van der Waals surface area (Å²) in [6, 6.07) is 3.49. The SMILES string of the molecule is C1CC1.C=C(N)Nc1c(C(C)C)cc(C#N)c(F)c1C(C)C.CC(C)(O)c1ncc(SN)s1. The molecule has 0 atom stereocenters. The zero-order valence-electron chi connectivity index (χ0n) is 20.3. The van der Waals surface area contributed by atoms with Crippen molar-refractivity contribution in [3.8, 4) is 6.07 Å². The average Bonchev–Trinajstić information content (AvgIpc) is 3.50. The number of hydrogen-bond donors (Lipinski definition) is 4. The first-order chi connectivity index (χ1) is 15.3. The number of nitrogens with two attached hydrogens (primary N) is 2. The van der Waals surface area contributed by atoms with E-state index in [1.54, 1.807) is 26.1 Å². The van der Waals surface area contributed by atoms with Crippen LogP contribution in [0.5, 0.6) is 0 Å². The number of nitriles is 1. The van der Waals surface area contributed by atoms with E-state index in [0.717, 1.165) is 21.7 Å². The zero-order chi connectivity index (χ0) is 25.3. The summed E-state index contributed by atoms with van der Waals surface area (Å²) < 4.78 is 15.3. The van der Waals surface area contributed by atoms with Gasteiger partial charge in [-0.05, 0) is 49.3 Å². The Hall–Kier alpha value is -2.12. The van der Waals surface area contributed by atoms with Crippen LogP contribution in [0.15, 0.2) is 28.9 Å². The Morgan fingerprint density at radius 3 is 2.18 bits per heavy atom. The van der Waals surface area contributed by atoms with Crippen LogP contribution < -0.4 is 16.2 Å². The summed E-state index contributed by atoms with van der Waals surface area (Å²) in [7, 11) is 0. The normalized spacial score (nSPS) is 12.3. The molecule has 0 aliphatic heterocycles. The van der Waals surface area contributed by atoms with E-state index in [1.807, 2.05) is 33.8 Å². The minimum absolute atomic E-state index is 0.0624. The molecule has 9 heteroatoms. The summed E-state index contributed by atoms with van der Waals surface area (Å²) in [5.74, 6) is -0.141. The molecule has 0 unspecified atom stereocenters. The Kier molecular flexibility index (Phi) is 11.3. The summed E-state index contributed by atoms with van der Waals surface area (Å²) >= 11 is 2.57.